The zero-order chi connectivity index (χ0) is 26.4. The Morgan fingerprint density at radius 1 is 1.03 bits per heavy atom. The number of sulfonamides is 1. The Hall–Kier alpha value is -3.40. The van der Waals surface area contributed by atoms with E-state index in [1.807, 2.05) is 30.3 Å². The van der Waals surface area contributed by atoms with E-state index >= 15 is 0 Å². The lowest BCUT2D eigenvalue weighted by Gasteiger charge is -2.35. The zero-order valence-electron chi connectivity index (χ0n) is 20.3. The number of nitrogens with one attached hydrogen (secondary N) is 2. The van der Waals surface area contributed by atoms with Gasteiger partial charge in [0.2, 0.25) is 15.9 Å². The number of hydrogen-bond donors (Lipinski definition) is 2. The van der Waals surface area contributed by atoms with Crippen LogP contribution in [0.25, 0.3) is 0 Å². The van der Waals surface area contributed by atoms with Gasteiger partial charge in [-0.2, -0.15) is 0 Å². The molecule has 194 valence electrons. The van der Waals surface area contributed by atoms with Gasteiger partial charge < -0.3 is 15.0 Å². The standard InChI is InChI=1S/C27H28ClN3O5S/c1-37(34,35)30-22(20-11-13-21(28)14-12-20)17-26(32)31-18-25(36-24-10-6-5-9-23(24)31)27(33)29-16-15-19-7-3-2-4-8-19/h2-14,22,25,30H,15-18H2,1H3,(H,29,33)/t22-,25+/m0/s1. The molecule has 0 bridgehead atoms. The lowest BCUT2D eigenvalue weighted by molar-refractivity contribution is -0.128. The van der Waals surface area contributed by atoms with E-state index in [4.69, 9.17) is 16.3 Å². The molecule has 0 radical (unpaired) electrons. The summed E-state index contributed by atoms with van der Waals surface area (Å²) in [7, 11) is -3.62. The molecule has 0 saturated carbocycles. The van der Waals surface area contributed by atoms with Crippen LogP contribution < -0.4 is 19.7 Å². The Kier molecular flexibility index (Phi) is 8.48. The first-order valence-corrected chi connectivity index (χ1v) is 14.1. The van der Waals surface area contributed by atoms with Gasteiger partial charge in [-0.05, 0) is 41.8 Å². The number of rotatable bonds is 9. The van der Waals surface area contributed by atoms with Gasteiger partial charge in [0.25, 0.3) is 5.91 Å². The first kappa shape index (κ1) is 26.7. The lowest BCUT2D eigenvalue weighted by Crippen LogP contribution is -2.51. The number of nitrogens with zero attached hydrogens (tertiary/aromatic N) is 1. The fraction of sp³-hybridized carbons (Fsp3) is 0.259. The van der Waals surface area contributed by atoms with Gasteiger partial charge in [0.1, 0.15) is 5.75 Å². The van der Waals surface area contributed by atoms with Crippen LogP contribution in [0.2, 0.25) is 5.02 Å². The summed E-state index contributed by atoms with van der Waals surface area (Å²) < 4.78 is 32.6. The fourth-order valence-corrected chi connectivity index (χ4v) is 5.02. The third kappa shape index (κ3) is 7.31. The molecule has 3 aromatic carbocycles. The van der Waals surface area contributed by atoms with Gasteiger partial charge in [0, 0.05) is 18.0 Å². The van der Waals surface area contributed by atoms with Crippen LogP contribution in [0, 0.1) is 0 Å². The van der Waals surface area contributed by atoms with Gasteiger partial charge in [0.05, 0.1) is 24.5 Å². The molecule has 2 N–H and O–H groups in total. The van der Waals surface area contributed by atoms with Crippen LogP contribution in [0.1, 0.15) is 23.6 Å². The molecule has 2 amide bonds. The molecule has 2 atom stereocenters. The van der Waals surface area contributed by atoms with Gasteiger partial charge in [-0.15, -0.1) is 0 Å². The van der Waals surface area contributed by atoms with Crippen molar-refractivity contribution in [2.24, 2.45) is 0 Å². The third-order valence-corrected chi connectivity index (χ3v) is 6.89. The minimum Gasteiger partial charge on any atom is -0.477 e. The van der Waals surface area contributed by atoms with Crippen molar-refractivity contribution in [1.29, 1.82) is 0 Å². The van der Waals surface area contributed by atoms with Crippen molar-refractivity contribution in [1.82, 2.24) is 10.0 Å². The molecular formula is C27H28ClN3O5S. The SMILES string of the molecule is CS(=O)(=O)N[C@@H](CC(=O)N1C[C@H](C(=O)NCCc2ccccc2)Oc2ccccc21)c1ccc(Cl)cc1. The summed E-state index contributed by atoms with van der Waals surface area (Å²) >= 11 is 5.98. The molecule has 0 aromatic heterocycles. The maximum absolute atomic E-state index is 13.5. The van der Waals surface area contributed by atoms with Crippen LogP contribution in [0.15, 0.2) is 78.9 Å². The van der Waals surface area contributed by atoms with E-state index in [-0.39, 0.29) is 24.8 Å². The molecule has 37 heavy (non-hydrogen) atoms. The van der Waals surface area contributed by atoms with Crippen molar-refractivity contribution >= 4 is 39.1 Å². The number of hydrogen-bond acceptors (Lipinski definition) is 5. The minimum absolute atomic E-state index is 0.000764. The van der Waals surface area contributed by atoms with Crippen molar-refractivity contribution in [2.75, 3.05) is 24.2 Å². The van der Waals surface area contributed by atoms with Gasteiger partial charge in [-0.25, -0.2) is 13.1 Å². The molecule has 8 nitrogen and oxygen atoms in total. The molecule has 0 saturated heterocycles. The highest BCUT2D eigenvalue weighted by atomic mass is 35.5. The largest absolute Gasteiger partial charge is 0.477 e. The number of amides is 2. The summed E-state index contributed by atoms with van der Waals surface area (Å²) in [5, 5.41) is 3.38. The number of anilines is 1. The minimum atomic E-state index is -3.62. The summed E-state index contributed by atoms with van der Waals surface area (Å²) in [5.41, 5.74) is 2.22. The molecule has 0 unspecified atom stereocenters. The first-order valence-electron chi connectivity index (χ1n) is 11.8. The zero-order valence-corrected chi connectivity index (χ0v) is 21.8. The average Bonchev–Trinajstić information content (AvgIpc) is 2.88. The van der Waals surface area contributed by atoms with Crippen LogP contribution in [0.4, 0.5) is 5.69 Å². The second-order valence-corrected chi connectivity index (χ2v) is 11.0. The van der Waals surface area contributed by atoms with Crippen LogP contribution >= 0.6 is 11.6 Å². The van der Waals surface area contributed by atoms with E-state index in [9.17, 15) is 18.0 Å². The van der Waals surface area contributed by atoms with Crippen LogP contribution in [0.3, 0.4) is 0 Å². The quantitative estimate of drug-likeness (QED) is 0.431. The van der Waals surface area contributed by atoms with Gasteiger partial charge >= 0.3 is 0 Å². The van der Waals surface area contributed by atoms with E-state index in [1.54, 1.807) is 48.5 Å². The van der Waals surface area contributed by atoms with Gasteiger partial charge in [-0.1, -0.05) is 66.2 Å². The molecule has 0 spiro atoms. The highest BCUT2D eigenvalue weighted by Crippen LogP contribution is 2.34. The Bertz CT molecular complexity index is 1350. The van der Waals surface area contributed by atoms with Gasteiger partial charge in [0.15, 0.2) is 6.10 Å². The van der Waals surface area contributed by atoms with Crippen molar-refractivity contribution in [3.63, 3.8) is 0 Å². The Balaban J connectivity index is 1.50. The monoisotopic (exact) mass is 541 g/mol. The Morgan fingerprint density at radius 2 is 1.70 bits per heavy atom. The highest BCUT2D eigenvalue weighted by Gasteiger charge is 2.35. The van der Waals surface area contributed by atoms with E-state index in [1.165, 1.54) is 4.90 Å². The first-order chi connectivity index (χ1) is 17.7. The normalized spacial score (nSPS) is 15.8. The Labute approximate surface area is 221 Å². The third-order valence-electron chi connectivity index (χ3n) is 5.93. The summed E-state index contributed by atoms with van der Waals surface area (Å²) in [4.78, 5) is 28.0. The molecule has 1 aliphatic rings. The van der Waals surface area contributed by atoms with Crippen LogP contribution in [-0.2, 0) is 26.0 Å². The smallest absolute Gasteiger partial charge is 0.262 e. The number of fused-ring (bicyclic) bond motifs is 1. The Morgan fingerprint density at radius 3 is 2.41 bits per heavy atom. The van der Waals surface area contributed by atoms with Crippen molar-refractivity contribution in [3.8, 4) is 5.75 Å². The van der Waals surface area contributed by atoms with Gasteiger partial charge in [-0.3, -0.25) is 9.59 Å². The van der Waals surface area contributed by atoms with E-state index in [2.05, 4.69) is 10.0 Å². The van der Waals surface area contributed by atoms with E-state index in [0.29, 0.717) is 35.0 Å². The summed E-state index contributed by atoms with van der Waals surface area (Å²) in [6.07, 6.45) is 0.635. The molecule has 0 fully saturated rings. The molecule has 1 heterocycles. The molecule has 3 aromatic rings. The lowest BCUT2D eigenvalue weighted by atomic mass is 10.0. The average molecular weight is 542 g/mol. The number of halogens is 1. The molecule has 1 aliphatic heterocycles. The number of ether oxygens (including phenoxy) is 1. The number of carbonyl (C=O) groups excluding carboxylic acids is 2. The molecule has 10 heteroatoms. The predicted octanol–water partition coefficient (Wildman–Crippen LogP) is 3.47. The number of benzene rings is 3. The fourth-order valence-electron chi connectivity index (χ4n) is 4.16. The van der Waals surface area contributed by atoms with Crippen molar-refractivity contribution in [3.05, 3.63) is 95.0 Å². The summed E-state index contributed by atoms with van der Waals surface area (Å²) in [6.45, 7) is 0.425. The van der Waals surface area contributed by atoms with Crippen molar-refractivity contribution < 1.29 is 22.7 Å². The van der Waals surface area contributed by atoms with E-state index < -0.39 is 22.2 Å². The summed E-state index contributed by atoms with van der Waals surface area (Å²) in [5.74, 6) is -0.273. The van der Waals surface area contributed by atoms with Crippen molar-refractivity contribution in [2.45, 2.75) is 25.0 Å². The maximum atomic E-state index is 13.5. The molecular weight excluding hydrogens is 514 g/mol. The van der Waals surface area contributed by atoms with Crippen LogP contribution in [-0.4, -0.2) is 45.7 Å². The number of para-hydroxylation sites is 2. The maximum Gasteiger partial charge on any atom is 0.262 e. The predicted molar refractivity (Wildman–Crippen MR) is 143 cm³/mol. The van der Waals surface area contributed by atoms with Crippen LogP contribution in [0.5, 0.6) is 5.75 Å². The molecule has 4 rings (SSSR count). The number of carbonyl (C=O) groups is 2. The topological polar surface area (TPSA) is 105 Å². The second-order valence-electron chi connectivity index (χ2n) is 8.80. The second kappa shape index (κ2) is 11.8. The van der Waals surface area contributed by atoms with E-state index in [0.717, 1.165) is 11.8 Å². The summed E-state index contributed by atoms with van der Waals surface area (Å²) in [6, 6.07) is 22.6. The highest BCUT2D eigenvalue weighted by molar-refractivity contribution is 7.88. The molecule has 0 aliphatic carbocycles.